The molecule has 0 bridgehead atoms. The standard InChI is InChI=1S/C10H7NO4/c12-8-7(6-4-2-1-3-5-6)9(13)15-10(14)11-8/h1-5,13H,(H,11,12,14). The lowest BCUT2D eigenvalue weighted by molar-refractivity contribution is 0.301. The van der Waals surface area contributed by atoms with Crippen molar-refractivity contribution in [3.05, 3.63) is 51.2 Å². The van der Waals surface area contributed by atoms with Gasteiger partial charge in [-0.3, -0.25) is 9.78 Å². The highest BCUT2D eigenvalue weighted by Crippen LogP contribution is 2.22. The molecule has 0 amide bonds. The Kier molecular flexibility index (Phi) is 2.13. The van der Waals surface area contributed by atoms with Crippen LogP contribution < -0.4 is 11.3 Å². The van der Waals surface area contributed by atoms with Crippen LogP contribution >= 0.6 is 0 Å². The summed E-state index contributed by atoms with van der Waals surface area (Å²) in [6.07, 6.45) is 0. The molecular weight excluding hydrogens is 198 g/mol. The Labute approximate surface area is 83.6 Å². The van der Waals surface area contributed by atoms with Gasteiger partial charge in [-0.05, 0) is 5.56 Å². The Morgan fingerprint density at radius 3 is 2.40 bits per heavy atom. The van der Waals surface area contributed by atoms with Crippen LogP contribution in [-0.2, 0) is 0 Å². The van der Waals surface area contributed by atoms with Gasteiger partial charge in [0.25, 0.3) is 11.5 Å². The smallest absolute Gasteiger partial charge is 0.422 e. The minimum atomic E-state index is -0.975. The van der Waals surface area contributed by atoms with Crippen molar-refractivity contribution >= 4 is 0 Å². The number of benzene rings is 1. The van der Waals surface area contributed by atoms with Gasteiger partial charge in [0.05, 0.1) is 0 Å². The third kappa shape index (κ3) is 1.67. The highest BCUT2D eigenvalue weighted by Gasteiger charge is 2.12. The molecule has 76 valence electrons. The van der Waals surface area contributed by atoms with Gasteiger partial charge >= 0.3 is 5.76 Å². The van der Waals surface area contributed by atoms with Crippen LogP contribution in [0.1, 0.15) is 0 Å². The SMILES string of the molecule is O=c1[nH]c(=O)c(-c2ccccc2)c(O)o1. The van der Waals surface area contributed by atoms with Gasteiger partial charge in [-0.25, -0.2) is 4.79 Å². The molecule has 0 unspecified atom stereocenters. The third-order valence-corrected chi connectivity index (χ3v) is 1.91. The van der Waals surface area contributed by atoms with Gasteiger partial charge in [-0.1, -0.05) is 30.3 Å². The number of hydrogen-bond acceptors (Lipinski definition) is 4. The molecule has 2 N–H and O–H groups in total. The lowest BCUT2D eigenvalue weighted by Gasteiger charge is -1.99. The second kappa shape index (κ2) is 3.45. The minimum absolute atomic E-state index is 0.0461. The zero-order chi connectivity index (χ0) is 10.8. The van der Waals surface area contributed by atoms with Crippen LogP contribution in [0.15, 0.2) is 44.3 Å². The fraction of sp³-hybridized carbons (Fsp3) is 0. The van der Waals surface area contributed by atoms with Gasteiger partial charge in [-0.2, -0.15) is 0 Å². The van der Waals surface area contributed by atoms with Crippen molar-refractivity contribution in [3.63, 3.8) is 0 Å². The molecule has 0 aliphatic heterocycles. The topological polar surface area (TPSA) is 83.3 Å². The Balaban J connectivity index is 2.75. The maximum absolute atomic E-state index is 11.4. The quantitative estimate of drug-likeness (QED) is 0.717. The summed E-state index contributed by atoms with van der Waals surface area (Å²) in [5.74, 6) is -1.65. The largest absolute Gasteiger partial charge is 0.480 e. The van der Waals surface area contributed by atoms with E-state index in [1.54, 1.807) is 30.3 Å². The van der Waals surface area contributed by atoms with Crippen LogP contribution in [0.25, 0.3) is 11.1 Å². The van der Waals surface area contributed by atoms with Crippen molar-refractivity contribution in [1.82, 2.24) is 4.98 Å². The van der Waals surface area contributed by atoms with Crippen molar-refractivity contribution in [2.75, 3.05) is 0 Å². The van der Waals surface area contributed by atoms with Gasteiger partial charge in [0.1, 0.15) is 5.56 Å². The van der Waals surface area contributed by atoms with Crippen molar-refractivity contribution in [2.24, 2.45) is 0 Å². The van der Waals surface area contributed by atoms with Crippen molar-refractivity contribution < 1.29 is 9.52 Å². The Bertz CT molecular complexity index is 582. The van der Waals surface area contributed by atoms with E-state index in [-0.39, 0.29) is 5.56 Å². The third-order valence-electron chi connectivity index (χ3n) is 1.91. The van der Waals surface area contributed by atoms with E-state index < -0.39 is 17.3 Å². The molecular formula is C10H7NO4. The highest BCUT2D eigenvalue weighted by atomic mass is 16.5. The number of aromatic amines is 1. The molecule has 0 radical (unpaired) electrons. The Hall–Kier alpha value is -2.30. The summed E-state index contributed by atoms with van der Waals surface area (Å²) in [5.41, 5.74) is -0.231. The maximum Gasteiger partial charge on any atom is 0.422 e. The van der Waals surface area contributed by atoms with Crippen LogP contribution in [0.4, 0.5) is 0 Å². The van der Waals surface area contributed by atoms with E-state index in [9.17, 15) is 14.7 Å². The maximum atomic E-state index is 11.4. The first-order chi connectivity index (χ1) is 7.18. The zero-order valence-electron chi connectivity index (χ0n) is 7.56. The first kappa shape index (κ1) is 9.26. The number of H-pyrrole nitrogens is 1. The van der Waals surface area contributed by atoms with Crippen molar-refractivity contribution in [3.8, 4) is 17.1 Å². The molecule has 5 nitrogen and oxygen atoms in total. The predicted molar refractivity (Wildman–Crippen MR) is 52.7 cm³/mol. The monoisotopic (exact) mass is 205 g/mol. The van der Waals surface area contributed by atoms with Crippen molar-refractivity contribution in [2.45, 2.75) is 0 Å². The lowest BCUT2D eigenvalue weighted by Crippen LogP contribution is -2.19. The fourth-order valence-electron chi connectivity index (χ4n) is 1.28. The molecule has 1 aromatic carbocycles. The summed E-state index contributed by atoms with van der Waals surface area (Å²) in [6, 6.07) is 8.45. The second-order valence-corrected chi connectivity index (χ2v) is 2.89. The van der Waals surface area contributed by atoms with Crippen LogP contribution in [0.3, 0.4) is 0 Å². The Morgan fingerprint density at radius 1 is 1.13 bits per heavy atom. The highest BCUT2D eigenvalue weighted by molar-refractivity contribution is 5.65. The molecule has 0 aliphatic carbocycles. The van der Waals surface area contributed by atoms with Gasteiger partial charge in [-0.15, -0.1) is 0 Å². The zero-order valence-corrected chi connectivity index (χ0v) is 7.56. The normalized spacial score (nSPS) is 10.1. The van der Waals surface area contributed by atoms with Gasteiger partial charge < -0.3 is 9.52 Å². The molecule has 0 spiro atoms. The van der Waals surface area contributed by atoms with Crippen LogP contribution in [0.5, 0.6) is 5.95 Å². The first-order valence-electron chi connectivity index (χ1n) is 4.20. The molecule has 1 aromatic heterocycles. The molecule has 5 heteroatoms. The summed E-state index contributed by atoms with van der Waals surface area (Å²) in [5, 5.41) is 9.34. The van der Waals surface area contributed by atoms with Crippen LogP contribution in [0, 0.1) is 0 Å². The summed E-state index contributed by atoms with van der Waals surface area (Å²) in [7, 11) is 0. The molecule has 2 aromatic rings. The summed E-state index contributed by atoms with van der Waals surface area (Å²) < 4.78 is 4.39. The summed E-state index contributed by atoms with van der Waals surface area (Å²) in [6.45, 7) is 0. The molecule has 1 heterocycles. The minimum Gasteiger partial charge on any atom is -0.480 e. The van der Waals surface area contributed by atoms with E-state index in [4.69, 9.17) is 0 Å². The van der Waals surface area contributed by atoms with E-state index in [2.05, 4.69) is 4.42 Å². The number of aromatic hydroxyl groups is 1. The predicted octanol–water partition coefficient (Wildman–Crippen LogP) is 0.701. The molecule has 0 atom stereocenters. The molecule has 0 aliphatic rings. The van der Waals surface area contributed by atoms with Gasteiger partial charge in [0.2, 0.25) is 0 Å². The average molecular weight is 205 g/mol. The van der Waals surface area contributed by atoms with Crippen LogP contribution in [0.2, 0.25) is 0 Å². The lowest BCUT2D eigenvalue weighted by atomic mass is 10.1. The van der Waals surface area contributed by atoms with E-state index in [1.165, 1.54) is 0 Å². The van der Waals surface area contributed by atoms with E-state index >= 15 is 0 Å². The number of rotatable bonds is 1. The number of nitrogens with one attached hydrogen (secondary N) is 1. The second-order valence-electron chi connectivity index (χ2n) is 2.89. The Morgan fingerprint density at radius 2 is 1.80 bits per heavy atom. The molecule has 0 fully saturated rings. The molecule has 0 saturated carbocycles. The van der Waals surface area contributed by atoms with Crippen molar-refractivity contribution in [1.29, 1.82) is 0 Å². The summed E-state index contributed by atoms with van der Waals surface area (Å²) in [4.78, 5) is 24.0. The van der Waals surface area contributed by atoms with Gasteiger partial charge in [0.15, 0.2) is 0 Å². The fourth-order valence-corrected chi connectivity index (χ4v) is 1.28. The summed E-state index contributed by atoms with van der Waals surface area (Å²) >= 11 is 0. The first-order valence-corrected chi connectivity index (χ1v) is 4.20. The number of aromatic nitrogens is 1. The molecule has 2 rings (SSSR count). The van der Waals surface area contributed by atoms with Crippen LogP contribution in [-0.4, -0.2) is 10.1 Å². The van der Waals surface area contributed by atoms with Gasteiger partial charge in [0, 0.05) is 0 Å². The van der Waals surface area contributed by atoms with E-state index in [0.29, 0.717) is 5.56 Å². The molecule has 15 heavy (non-hydrogen) atoms. The number of hydrogen-bond donors (Lipinski definition) is 2. The molecule has 0 saturated heterocycles. The van der Waals surface area contributed by atoms with E-state index in [0.717, 1.165) is 0 Å². The van der Waals surface area contributed by atoms with E-state index in [1.807, 2.05) is 4.98 Å². The average Bonchev–Trinajstić information content (AvgIpc) is 2.17.